The van der Waals surface area contributed by atoms with E-state index in [1.165, 1.54) is 0 Å². The maximum Gasteiger partial charge on any atom is 0.307 e. The summed E-state index contributed by atoms with van der Waals surface area (Å²) < 4.78 is 2.02. The van der Waals surface area contributed by atoms with Crippen LogP contribution in [0.2, 0.25) is 0 Å². The number of aryl methyl sites for hydroxylation is 2. The average Bonchev–Trinajstić information content (AvgIpc) is 2.77. The Hall–Kier alpha value is -1.75. The molecule has 0 amide bonds. The lowest BCUT2D eigenvalue weighted by Gasteiger charge is -2.03. The molecule has 2 rings (SSSR count). The monoisotopic (exact) mass is 276 g/mol. The summed E-state index contributed by atoms with van der Waals surface area (Å²) in [4.78, 5) is 16.0. The molecular formula is C14H16N2O2S. The highest BCUT2D eigenvalue weighted by Crippen LogP contribution is 2.19. The third-order valence-electron chi connectivity index (χ3n) is 2.79. The van der Waals surface area contributed by atoms with Gasteiger partial charge >= 0.3 is 5.97 Å². The molecule has 0 atom stereocenters. The van der Waals surface area contributed by atoms with Gasteiger partial charge < -0.3 is 9.67 Å². The number of hydrogen-bond donors (Lipinski definition) is 1. The Morgan fingerprint density at radius 1 is 1.37 bits per heavy atom. The van der Waals surface area contributed by atoms with E-state index < -0.39 is 5.97 Å². The smallest absolute Gasteiger partial charge is 0.307 e. The fraction of sp³-hybridized carbons (Fsp3) is 0.286. The zero-order chi connectivity index (χ0) is 13.7. The molecule has 1 aromatic heterocycles. The predicted octanol–water partition coefficient (Wildman–Crippen LogP) is 2.38. The Balaban J connectivity index is 1.83. The van der Waals surface area contributed by atoms with E-state index in [0.717, 1.165) is 28.5 Å². The van der Waals surface area contributed by atoms with E-state index in [1.54, 1.807) is 18.0 Å². The van der Waals surface area contributed by atoms with Crippen LogP contribution in [0.4, 0.5) is 0 Å². The molecule has 0 saturated heterocycles. The number of benzene rings is 1. The van der Waals surface area contributed by atoms with Crippen molar-refractivity contribution in [2.24, 2.45) is 7.05 Å². The second-order valence-corrected chi connectivity index (χ2v) is 5.44. The van der Waals surface area contributed by atoms with Gasteiger partial charge in [0.15, 0.2) is 0 Å². The number of imidazole rings is 1. The molecule has 0 saturated carbocycles. The van der Waals surface area contributed by atoms with E-state index >= 15 is 0 Å². The Kier molecular flexibility index (Phi) is 4.63. The summed E-state index contributed by atoms with van der Waals surface area (Å²) >= 11 is 1.75. The first-order valence-electron chi connectivity index (χ1n) is 6.05. The molecule has 5 heteroatoms. The van der Waals surface area contributed by atoms with Gasteiger partial charge in [-0.05, 0) is 17.7 Å². The van der Waals surface area contributed by atoms with E-state index in [9.17, 15) is 4.79 Å². The normalized spacial score (nSPS) is 10.6. The molecule has 0 spiro atoms. The van der Waals surface area contributed by atoms with Crippen LogP contribution in [-0.4, -0.2) is 26.4 Å². The van der Waals surface area contributed by atoms with Gasteiger partial charge in [-0.1, -0.05) is 12.1 Å². The van der Waals surface area contributed by atoms with Crippen molar-refractivity contribution >= 4 is 17.7 Å². The number of carboxylic acids is 1. The number of rotatable bonds is 6. The second kappa shape index (κ2) is 6.43. The van der Waals surface area contributed by atoms with Crippen molar-refractivity contribution in [1.82, 2.24) is 9.55 Å². The lowest BCUT2D eigenvalue weighted by atomic mass is 10.2. The molecule has 0 radical (unpaired) electrons. The number of thioether (sulfide) groups is 1. The maximum absolute atomic E-state index is 10.6. The first kappa shape index (κ1) is 13.7. The number of nitrogens with zero attached hydrogens (tertiary/aromatic N) is 2. The fourth-order valence-electron chi connectivity index (χ4n) is 1.78. The standard InChI is InChI=1S/C14H16N2O2S/c1-16-8-7-15-13(16)6-9-19-12-4-2-11(3-5-12)10-14(17)18/h2-5,7-8H,6,9-10H2,1H3,(H,17,18). The molecule has 19 heavy (non-hydrogen) atoms. The fourth-order valence-corrected chi connectivity index (χ4v) is 2.62. The molecule has 1 heterocycles. The van der Waals surface area contributed by atoms with E-state index in [-0.39, 0.29) is 6.42 Å². The lowest BCUT2D eigenvalue weighted by molar-refractivity contribution is -0.136. The molecule has 2 aromatic rings. The van der Waals surface area contributed by atoms with Crippen molar-refractivity contribution in [3.8, 4) is 0 Å². The summed E-state index contributed by atoms with van der Waals surface area (Å²) in [5.74, 6) is 1.24. The summed E-state index contributed by atoms with van der Waals surface area (Å²) in [6.07, 6.45) is 4.75. The van der Waals surface area contributed by atoms with Crippen molar-refractivity contribution in [3.05, 3.63) is 48.0 Å². The molecule has 0 aliphatic carbocycles. The van der Waals surface area contributed by atoms with Crippen LogP contribution in [0.15, 0.2) is 41.6 Å². The van der Waals surface area contributed by atoms with Gasteiger partial charge in [0.05, 0.1) is 6.42 Å². The number of carboxylic acid groups (broad SMARTS) is 1. The van der Waals surface area contributed by atoms with Crippen LogP contribution < -0.4 is 0 Å². The van der Waals surface area contributed by atoms with Gasteiger partial charge in [-0.2, -0.15) is 0 Å². The Morgan fingerprint density at radius 2 is 2.11 bits per heavy atom. The summed E-state index contributed by atoms with van der Waals surface area (Å²) in [5.41, 5.74) is 0.834. The maximum atomic E-state index is 10.6. The first-order chi connectivity index (χ1) is 9.15. The highest BCUT2D eigenvalue weighted by molar-refractivity contribution is 7.99. The van der Waals surface area contributed by atoms with Gasteiger partial charge in [-0.3, -0.25) is 4.79 Å². The molecule has 100 valence electrons. The molecule has 4 nitrogen and oxygen atoms in total. The third kappa shape index (κ3) is 4.13. The van der Waals surface area contributed by atoms with Gasteiger partial charge in [-0.25, -0.2) is 4.98 Å². The van der Waals surface area contributed by atoms with Crippen molar-refractivity contribution in [2.75, 3.05) is 5.75 Å². The average molecular weight is 276 g/mol. The SMILES string of the molecule is Cn1ccnc1CCSc1ccc(CC(=O)O)cc1. The quantitative estimate of drug-likeness (QED) is 0.823. The molecule has 0 unspecified atom stereocenters. The van der Waals surface area contributed by atoms with Gasteiger partial charge in [-0.15, -0.1) is 11.8 Å². The number of aliphatic carboxylic acids is 1. The van der Waals surface area contributed by atoms with Crippen LogP contribution in [0.3, 0.4) is 0 Å². The minimum Gasteiger partial charge on any atom is -0.481 e. The van der Waals surface area contributed by atoms with E-state index in [2.05, 4.69) is 4.98 Å². The van der Waals surface area contributed by atoms with Crippen LogP contribution >= 0.6 is 11.8 Å². The number of hydrogen-bond acceptors (Lipinski definition) is 3. The minimum absolute atomic E-state index is 0.0816. The van der Waals surface area contributed by atoms with Crippen LogP contribution in [0.25, 0.3) is 0 Å². The van der Waals surface area contributed by atoms with Gasteiger partial charge in [0.2, 0.25) is 0 Å². The molecule has 0 fully saturated rings. The lowest BCUT2D eigenvalue weighted by Crippen LogP contribution is -2.00. The molecule has 1 N–H and O–H groups in total. The van der Waals surface area contributed by atoms with Crippen LogP contribution in [0, 0.1) is 0 Å². The first-order valence-corrected chi connectivity index (χ1v) is 7.03. The second-order valence-electron chi connectivity index (χ2n) is 4.27. The molecule has 0 bridgehead atoms. The Bertz CT molecular complexity index is 549. The highest BCUT2D eigenvalue weighted by atomic mass is 32.2. The van der Waals surface area contributed by atoms with Crippen molar-refractivity contribution < 1.29 is 9.90 Å². The minimum atomic E-state index is -0.796. The van der Waals surface area contributed by atoms with Crippen LogP contribution in [-0.2, 0) is 24.7 Å². The number of aromatic nitrogens is 2. The number of carbonyl (C=O) groups is 1. The molecular weight excluding hydrogens is 260 g/mol. The third-order valence-corrected chi connectivity index (χ3v) is 3.81. The summed E-state index contributed by atoms with van der Waals surface area (Å²) in [6.45, 7) is 0. The summed E-state index contributed by atoms with van der Waals surface area (Å²) in [7, 11) is 1.99. The Labute approximate surface area is 116 Å². The van der Waals surface area contributed by atoms with Crippen molar-refractivity contribution in [2.45, 2.75) is 17.7 Å². The topological polar surface area (TPSA) is 55.1 Å². The van der Waals surface area contributed by atoms with Crippen molar-refractivity contribution in [3.63, 3.8) is 0 Å². The van der Waals surface area contributed by atoms with Crippen LogP contribution in [0.5, 0.6) is 0 Å². The highest BCUT2D eigenvalue weighted by Gasteiger charge is 2.02. The zero-order valence-electron chi connectivity index (χ0n) is 10.7. The predicted molar refractivity (Wildman–Crippen MR) is 75.4 cm³/mol. The van der Waals surface area contributed by atoms with Gasteiger partial charge in [0.25, 0.3) is 0 Å². The summed E-state index contributed by atoms with van der Waals surface area (Å²) in [6, 6.07) is 7.69. The van der Waals surface area contributed by atoms with Gasteiger partial charge in [0.1, 0.15) is 5.82 Å². The molecule has 0 aliphatic rings. The van der Waals surface area contributed by atoms with E-state index in [4.69, 9.17) is 5.11 Å². The van der Waals surface area contributed by atoms with Crippen molar-refractivity contribution in [1.29, 1.82) is 0 Å². The zero-order valence-corrected chi connectivity index (χ0v) is 11.6. The van der Waals surface area contributed by atoms with Crippen LogP contribution in [0.1, 0.15) is 11.4 Å². The van der Waals surface area contributed by atoms with Gasteiger partial charge in [0, 0.05) is 36.5 Å². The van der Waals surface area contributed by atoms with E-state index in [0.29, 0.717) is 0 Å². The summed E-state index contributed by atoms with van der Waals surface area (Å²) in [5, 5.41) is 8.69. The largest absolute Gasteiger partial charge is 0.481 e. The van der Waals surface area contributed by atoms with E-state index in [1.807, 2.05) is 42.1 Å². The molecule has 0 aliphatic heterocycles. The Morgan fingerprint density at radius 3 is 2.68 bits per heavy atom. The molecule has 1 aromatic carbocycles.